The number of amides is 1. The van der Waals surface area contributed by atoms with Crippen LogP contribution in [-0.2, 0) is 9.53 Å². The molecule has 1 N–H and O–H groups in total. The van der Waals surface area contributed by atoms with Crippen molar-refractivity contribution in [2.24, 2.45) is 5.92 Å². The lowest BCUT2D eigenvalue weighted by Gasteiger charge is -2.05. The number of methoxy groups -OCH3 is 1. The van der Waals surface area contributed by atoms with Crippen LogP contribution in [0.2, 0.25) is 0 Å². The molecule has 1 fully saturated rings. The van der Waals surface area contributed by atoms with E-state index in [0.29, 0.717) is 11.3 Å². The van der Waals surface area contributed by atoms with Crippen LogP contribution in [0.3, 0.4) is 0 Å². The smallest absolute Gasteiger partial charge is 0.337 e. The van der Waals surface area contributed by atoms with Gasteiger partial charge in [0.2, 0.25) is 5.91 Å². The second-order valence-electron chi connectivity index (χ2n) is 3.84. The molecule has 2 rings (SSSR count). The van der Waals surface area contributed by atoms with Crippen LogP contribution >= 0.6 is 0 Å². The van der Waals surface area contributed by atoms with Crippen molar-refractivity contribution in [3.05, 3.63) is 29.8 Å². The second-order valence-corrected chi connectivity index (χ2v) is 3.84. The molecule has 1 saturated carbocycles. The quantitative estimate of drug-likeness (QED) is 0.789. The Hall–Kier alpha value is -1.84. The van der Waals surface area contributed by atoms with Crippen molar-refractivity contribution in [2.75, 3.05) is 12.4 Å². The molecule has 0 atom stereocenters. The zero-order valence-electron chi connectivity index (χ0n) is 9.03. The van der Waals surface area contributed by atoms with Gasteiger partial charge in [0.25, 0.3) is 0 Å². The van der Waals surface area contributed by atoms with Gasteiger partial charge in [-0.15, -0.1) is 0 Å². The molecule has 1 aliphatic rings. The van der Waals surface area contributed by atoms with Gasteiger partial charge in [-0.2, -0.15) is 0 Å². The van der Waals surface area contributed by atoms with Crippen molar-refractivity contribution < 1.29 is 14.3 Å². The number of esters is 1. The molecule has 0 saturated heterocycles. The average Bonchev–Trinajstić information content (AvgIpc) is 3.12. The number of anilines is 1. The molecule has 0 bridgehead atoms. The third kappa shape index (κ3) is 2.39. The first-order chi connectivity index (χ1) is 7.70. The minimum atomic E-state index is -0.400. The standard InChI is InChI=1S/C12H13NO3/c1-16-12(15)9-3-2-4-10(7-9)13-11(14)8-5-6-8/h2-4,7-8H,5-6H2,1H3,(H,13,14). The topological polar surface area (TPSA) is 55.4 Å². The second kappa shape index (κ2) is 4.35. The molecular weight excluding hydrogens is 206 g/mol. The summed E-state index contributed by atoms with van der Waals surface area (Å²) in [5, 5.41) is 2.78. The lowest BCUT2D eigenvalue weighted by molar-refractivity contribution is -0.117. The molecule has 0 radical (unpaired) electrons. The molecule has 1 aromatic rings. The Kier molecular flexibility index (Phi) is 2.90. The van der Waals surface area contributed by atoms with Crippen molar-refractivity contribution in [1.82, 2.24) is 0 Å². The molecule has 0 unspecified atom stereocenters. The summed E-state index contributed by atoms with van der Waals surface area (Å²) in [5.74, 6) is -0.216. The maximum Gasteiger partial charge on any atom is 0.337 e. The molecule has 0 heterocycles. The molecule has 0 spiro atoms. The van der Waals surface area contributed by atoms with Crippen LogP contribution in [0.1, 0.15) is 23.2 Å². The molecule has 84 valence electrons. The fourth-order valence-corrected chi connectivity index (χ4v) is 1.43. The maximum absolute atomic E-state index is 11.5. The van der Waals surface area contributed by atoms with Crippen LogP contribution in [0.15, 0.2) is 24.3 Å². The summed E-state index contributed by atoms with van der Waals surface area (Å²) >= 11 is 0. The largest absolute Gasteiger partial charge is 0.465 e. The molecule has 1 aliphatic carbocycles. The first-order valence-electron chi connectivity index (χ1n) is 5.20. The minimum absolute atomic E-state index is 0.0296. The number of rotatable bonds is 3. The normalized spacial score (nSPS) is 14.3. The van der Waals surface area contributed by atoms with Gasteiger partial charge in [-0.05, 0) is 31.0 Å². The number of benzene rings is 1. The summed E-state index contributed by atoms with van der Waals surface area (Å²) in [6.07, 6.45) is 1.92. The zero-order valence-corrected chi connectivity index (χ0v) is 9.03. The van der Waals surface area contributed by atoms with Gasteiger partial charge in [0, 0.05) is 11.6 Å². The van der Waals surface area contributed by atoms with E-state index in [1.54, 1.807) is 24.3 Å². The predicted octanol–water partition coefficient (Wildman–Crippen LogP) is 1.82. The van der Waals surface area contributed by atoms with E-state index in [9.17, 15) is 9.59 Å². The van der Waals surface area contributed by atoms with Crippen LogP contribution in [0, 0.1) is 5.92 Å². The van der Waals surface area contributed by atoms with E-state index < -0.39 is 5.97 Å². The third-order valence-corrected chi connectivity index (χ3v) is 2.50. The molecule has 1 amide bonds. The highest BCUT2D eigenvalue weighted by Crippen LogP contribution is 2.30. The van der Waals surface area contributed by atoms with Crippen molar-refractivity contribution in [3.8, 4) is 0 Å². The van der Waals surface area contributed by atoms with E-state index in [0.717, 1.165) is 12.8 Å². The Morgan fingerprint density at radius 1 is 1.38 bits per heavy atom. The highest BCUT2D eigenvalue weighted by atomic mass is 16.5. The van der Waals surface area contributed by atoms with E-state index in [1.165, 1.54) is 7.11 Å². The number of carbonyl (C=O) groups is 2. The molecule has 0 aliphatic heterocycles. The highest BCUT2D eigenvalue weighted by Gasteiger charge is 2.29. The number of hydrogen-bond acceptors (Lipinski definition) is 3. The third-order valence-electron chi connectivity index (χ3n) is 2.50. The van der Waals surface area contributed by atoms with Crippen LogP contribution in [0.5, 0.6) is 0 Å². The van der Waals surface area contributed by atoms with Crippen molar-refractivity contribution in [2.45, 2.75) is 12.8 Å². The SMILES string of the molecule is COC(=O)c1cccc(NC(=O)C2CC2)c1. The van der Waals surface area contributed by atoms with Crippen molar-refractivity contribution >= 4 is 17.6 Å². The van der Waals surface area contributed by atoms with Gasteiger partial charge < -0.3 is 10.1 Å². The molecule has 0 aromatic heterocycles. The van der Waals surface area contributed by atoms with Crippen LogP contribution in [-0.4, -0.2) is 19.0 Å². The number of nitrogens with one attached hydrogen (secondary N) is 1. The van der Waals surface area contributed by atoms with Gasteiger partial charge in [-0.1, -0.05) is 6.07 Å². The number of hydrogen-bond donors (Lipinski definition) is 1. The first kappa shape index (κ1) is 10.7. The lowest BCUT2D eigenvalue weighted by Crippen LogP contribution is -2.13. The first-order valence-corrected chi connectivity index (χ1v) is 5.20. The Bertz CT molecular complexity index is 424. The van der Waals surface area contributed by atoms with E-state index in [-0.39, 0.29) is 11.8 Å². The van der Waals surface area contributed by atoms with E-state index in [1.807, 2.05) is 0 Å². The maximum atomic E-state index is 11.5. The van der Waals surface area contributed by atoms with Crippen LogP contribution in [0.25, 0.3) is 0 Å². The van der Waals surface area contributed by atoms with Gasteiger partial charge in [-0.3, -0.25) is 4.79 Å². The van der Waals surface area contributed by atoms with Gasteiger partial charge in [0.1, 0.15) is 0 Å². The summed E-state index contributed by atoms with van der Waals surface area (Å²) < 4.78 is 4.60. The van der Waals surface area contributed by atoms with Crippen molar-refractivity contribution in [3.63, 3.8) is 0 Å². The summed E-state index contributed by atoms with van der Waals surface area (Å²) in [6.45, 7) is 0. The molecule has 16 heavy (non-hydrogen) atoms. The summed E-state index contributed by atoms with van der Waals surface area (Å²) in [5.41, 5.74) is 1.08. The predicted molar refractivity (Wildman–Crippen MR) is 59.1 cm³/mol. The zero-order chi connectivity index (χ0) is 11.5. The van der Waals surface area contributed by atoms with Crippen LogP contribution < -0.4 is 5.32 Å². The minimum Gasteiger partial charge on any atom is -0.465 e. The van der Waals surface area contributed by atoms with E-state index >= 15 is 0 Å². The average molecular weight is 219 g/mol. The molecule has 4 heteroatoms. The molecule has 4 nitrogen and oxygen atoms in total. The Labute approximate surface area is 93.6 Å². The summed E-state index contributed by atoms with van der Waals surface area (Å²) in [7, 11) is 1.33. The Morgan fingerprint density at radius 3 is 2.75 bits per heavy atom. The van der Waals surface area contributed by atoms with Gasteiger partial charge in [-0.25, -0.2) is 4.79 Å². The number of ether oxygens (including phenoxy) is 1. The van der Waals surface area contributed by atoms with Crippen molar-refractivity contribution in [1.29, 1.82) is 0 Å². The highest BCUT2D eigenvalue weighted by molar-refractivity contribution is 5.96. The van der Waals surface area contributed by atoms with Gasteiger partial charge in [0.05, 0.1) is 12.7 Å². The summed E-state index contributed by atoms with van der Waals surface area (Å²) in [4.78, 5) is 22.8. The van der Waals surface area contributed by atoms with E-state index in [4.69, 9.17) is 0 Å². The fourth-order valence-electron chi connectivity index (χ4n) is 1.43. The fraction of sp³-hybridized carbons (Fsp3) is 0.333. The Balaban J connectivity index is 2.09. The van der Waals surface area contributed by atoms with Crippen LogP contribution in [0.4, 0.5) is 5.69 Å². The Morgan fingerprint density at radius 2 is 2.12 bits per heavy atom. The molecule has 1 aromatic carbocycles. The summed E-state index contributed by atoms with van der Waals surface area (Å²) in [6, 6.07) is 6.74. The lowest BCUT2D eigenvalue weighted by atomic mass is 10.2. The number of carbonyl (C=O) groups excluding carboxylic acids is 2. The monoisotopic (exact) mass is 219 g/mol. The van der Waals surface area contributed by atoms with Gasteiger partial charge in [0.15, 0.2) is 0 Å². The van der Waals surface area contributed by atoms with E-state index in [2.05, 4.69) is 10.1 Å². The van der Waals surface area contributed by atoms with Gasteiger partial charge >= 0.3 is 5.97 Å². The molecular formula is C12H13NO3.